The van der Waals surface area contributed by atoms with E-state index in [1.165, 1.54) is 69.1 Å². The number of aryl methyl sites for hydroxylation is 1. The quantitative estimate of drug-likeness (QED) is 0.0696. The van der Waals surface area contributed by atoms with Crippen molar-refractivity contribution in [2.45, 2.75) is 116 Å². The van der Waals surface area contributed by atoms with Gasteiger partial charge in [0.15, 0.2) is 0 Å². The predicted molar refractivity (Wildman–Crippen MR) is 147 cm³/mol. The maximum Gasteiger partial charge on any atom is 0.472 e. The Bertz CT molecular complexity index is 1070. The van der Waals surface area contributed by atoms with E-state index in [0.717, 1.165) is 12.8 Å². The van der Waals surface area contributed by atoms with E-state index in [1.807, 2.05) is 0 Å². The molecule has 1 aliphatic heterocycles. The molecule has 0 aliphatic carbocycles. The van der Waals surface area contributed by atoms with Gasteiger partial charge >= 0.3 is 13.5 Å². The number of ether oxygens (including phenoxy) is 2. The summed E-state index contributed by atoms with van der Waals surface area (Å²) >= 11 is 0. The lowest BCUT2D eigenvalue weighted by molar-refractivity contribution is -0.0325. The summed E-state index contributed by atoms with van der Waals surface area (Å²) in [6.07, 6.45) is 11.3. The lowest BCUT2D eigenvalue weighted by atomic mass is 10.1. The van der Waals surface area contributed by atoms with Gasteiger partial charge in [0.05, 0.1) is 31.5 Å². The fraction of sp³-hybridized carbons (Fsp3) is 0.840. The van der Waals surface area contributed by atoms with Crippen LogP contribution in [0, 0.1) is 6.92 Å². The molecule has 1 aliphatic rings. The molecule has 1 aromatic rings. The van der Waals surface area contributed by atoms with E-state index in [-0.39, 0.29) is 13.0 Å². The van der Waals surface area contributed by atoms with Crippen LogP contribution in [-0.4, -0.2) is 52.5 Å². The average molecular weight is 574 g/mol. The first-order valence-corrected chi connectivity index (χ1v) is 15.4. The average Bonchev–Trinajstić information content (AvgIpc) is 3.28. The molecule has 0 aromatic carbocycles. The van der Waals surface area contributed by atoms with Crippen LogP contribution in [0.2, 0.25) is 0 Å². The first-order valence-electron chi connectivity index (χ1n) is 13.9. The molecule has 2 N–H and O–H groups in total. The van der Waals surface area contributed by atoms with Gasteiger partial charge in [-0.15, -0.1) is 0 Å². The predicted octanol–water partition coefficient (Wildman–Crippen LogP) is 5.27. The molecule has 2 rings (SSSR count). The lowest BCUT2D eigenvalue weighted by Crippen LogP contribution is -2.33. The molecule has 0 bridgehead atoms. The molecule has 14 heteroatoms. The minimum Gasteiger partial charge on any atom is -0.379 e. The van der Waals surface area contributed by atoms with Gasteiger partial charge in [0, 0.05) is 29.7 Å². The molecule has 0 radical (unpaired) electrons. The minimum absolute atomic E-state index is 0.114. The number of rotatable bonds is 20. The Labute approximate surface area is 229 Å². The van der Waals surface area contributed by atoms with Crippen LogP contribution in [0.4, 0.5) is 0 Å². The molecule has 0 saturated carbocycles. The van der Waals surface area contributed by atoms with Crippen molar-refractivity contribution in [3.63, 3.8) is 0 Å². The van der Waals surface area contributed by atoms with Gasteiger partial charge in [0.25, 0.3) is 5.56 Å². The van der Waals surface area contributed by atoms with Gasteiger partial charge < -0.3 is 14.4 Å². The molecule has 222 valence electrons. The summed E-state index contributed by atoms with van der Waals surface area (Å²) in [6.45, 7) is 5.66. The van der Waals surface area contributed by atoms with Gasteiger partial charge in [0.2, 0.25) is 0 Å². The second-order valence-electron chi connectivity index (χ2n) is 10.1. The van der Waals surface area contributed by atoms with Crippen molar-refractivity contribution in [3.8, 4) is 0 Å². The van der Waals surface area contributed by atoms with Crippen molar-refractivity contribution in [3.05, 3.63) is 43.0 Å². The fourth-order valence-electron chi connectivity index (χ4n) is 4.42. The topological polar surface area (TPSA) is 178 Å². The Morgan fingerprint density at radius 1 is 1.21 bits per heavy atom. The summed E-state index contributed by atoms with van der Waals surface area (Å²) < 4.78 is 35.3. The van der Waals surface area contributed by atoms with Gasteiger partial charge in [-0.3, -0.25) is 23.4 Å². The third-order valence-electron chi connectivity index (χ3n) is 6.57. The molecule has 2 heterocycles. The Morgan fingerprint density at radius 3 is 2.49 bits per heavy atom. The smallest absolute Gasteiger partial charge is 0.379 e. The van der Waals surface area contributed by atoms with Crippen molar-refractivity contribution in [1.82, 2.24) is 9.55 Å². The summed E-state index contributed by atoms with van der Waals surface area (Å²) in [5.74, 6) is 0. The highest BCUT2D eigenvalue weighted by molar-refractivity contribution is 7.47. The second-order valence-corrected chi connectivity index (χ2v) is 11.5. The minimum atomic E-state index is -4.46. The number of hydrogen-bond donors (Lipinski definition) is 2. The summed E-state index contributed by atoms with van der Waals surface area (Å²) in [4.78, 5) is 39.0. The summed E-state index contributed by atoms with van der Waals surface area (Å²) in [5.41, 5.74) is 8.00. The zero-order valence-electron chi connectivity index (χ0n) is 23.3. The molecular formula is C25H44N5O8P. The molecule has 1 aromatic heterocycles. The van der Waals surface area contributed by atoms with E-state index in [2.05, 4.69) is 21.9 Å². The largest absolute Gasteiger partial charge is 0.472 e. The summed E-state index contributed by atoms with van der Waals surface area (Å²) in [6, 6.07) is -0.763. The number of nitrogens with one attached hydrogen (secondary N) is 1. The Morgan fingerprint density at radius 2 is 1.85 bits per heavy atom. The van der Waals surface area contributed by atoms with E-state index >= 15 is 0 Å². The number of azide groups is 1. The van der Waals surface area contributed by atoms with E-state index in [0.29, 0.717) is 12.2 Å². The molecule has 39 heavy (non-hydrogen) atoms. The number of aromatic nitrogens is 2. The fourth-order valence-corrected chi connectivity index (χ4v) is 5.33. The van der Waals surface area contributed by atoms with Crippen molar-refractivity contribution in [2.24, 2.45) is 5.11 Å². The van der Waals surface area contributed by atoms with Crippen LogP contribution >= 0.6 is 7.82 Å². The van der Waals surface area contributed by atoms with Gasteiger partial charge in [-0.1, -0.05) is 69.8 Å². The first kappa shape index (κ1) is 33.2. The third kappa shape index (κ3) is 12.4. The van der Waals surface area contributed by atoms with Crippen molar-refractivity contribution >= 4 is 7.82 Å². The molecular weight excluding hydrogens is 529 g/mol. The van der Waals surface area contributed by atoms with Crippen LogP contribution in [0.15, 0.2) is 20.9 Å². The Balaban J connectivity index is 1.69. The van der Waals surface area contributed by atoms with Crippen molar-refractivity contribution < 1.29 is 28.0 Å². The Kier molecular flexibility index (Phi) is 15.0. The van der Waals surface area contributed by atoms with Crippen LogP contribution in [-0.2, 0) is 23.1 Å². The van der Waals surface area contributed by atoms with E-state index in [4.69, 9.17) is 24.1 Å². The van der Waals surface area contributed by atoms with Crippen LogP contribution in [0.1, 0.15) is 96.3 Å². The molecule has 1 unspecified atom stereocenters. The number of phosphoric ester groups is 1. The SMILES string of the molecule is CCCCCCCCCCCCOC[C@H](C)OP(=O)(O)OC[C@H]1O[C@@H](n2cc(C)c(=O)[nH]c2=O)C[C@@H]1N=[N+]=[N-]. The zero-order chi connectivity index (χ0) is 28.7. The highest BCUT2D eigenvalue weighted by atomic mass is 31.2. The molecule has 0 amide bonds. The van der Waals surface area contributed by atoms with Crippen LogP contribution in [0.5, 0.6) is 0 Å². The molecule has 1 saturated heterocycles. The maximum atomic E-state index is 12.5. The maximum absolute atomic E-state index is 12.5. The number of H-pyrrole nitrogens is 1. The molecule has 5 atom stereocenters. The normalized spacial score (nSPS) is 21.4. The molecule has 13 nitrogen and oxygen atoms in total. The van der Waals surface area contributed by atoms with Crippen molar-refractivity contribution in [2.75, 3.05) is 19.8 Å². The third-order valence-corrected chi connectivity index (χ3v) is 7.67. The van der Waals surface area contributed by atoms with Gasteiger partial charge in [-0.2, -0.15) is 0 Å². The lowest BCUT2D eigenvalue weighted by Gasteiger charge is -2.21. The summed E-state index contributed by atoms with van der Waals surface area (Å²) in [5, 5.41) is 3.66. The zero-order valence-corrected chi connectivity index (χ0v) is 24.2. The number of nitrogens with zero attached hydrogens (tertiary/aromatic N) is 4. The van der Waals surface area contributed by atoms with Crippen LogP contribution in [0.25, 0.3) is 10.4 Å². The number of unbranched alkanes of at least 4 members (excludes halogenated alkanes) is 9. The van der Waals surface area contributed by atoms with E-state index in [1.54, 1.807) is 6.92 Å². The second kappa shape index (κ2) is 17.7. The van der Waals surface area contributed by atoms with Crippen LogP contribution in [0.3, 0.4) is 0 Å². The first-order chi connectivity index (χ1) is 18.7. The highest BCUT2D eigenvalue weighted by Crippen LogP contribution is 2.45. The van der Waals surface area contributed by atoms with E-state index < -0.39 is 50.2 Å². The highest BCUT2D eigenvalue weighted by Gasteiger charge is 2.38. The molecule has 0 spiro atoms. The molecule has 1 fully saturated rings. The van der Waals surface area contributed by atoms with Crippen molar-refractivity contribution in [1.29, 1.82) is 0 Å². The van der Waals surface area contributed by atoms with Crippen LogP contribution < -0.4 is 11.2 Å². The number of hydrogen-bond acceptors (Lipinski definition) is 8. The van der Waals surface area contributed by atoms with Gasteiger partial charge in [-0.25, -0.2) is 9.36 Å². The Hall–Kier alpha value is -1.98. The summed E-state index contributed by atoms with van der Waals surface area (Å²) in [7, 11) is -4.46. The number of aromatic amines is 1. The number of phosphoric acid groups is 1. The monoisotopic (exact) mass is 573 g/mol. The van der Waals surface area contributed by atoms with E-state index in [9.17, 15) is 19.0 Å². The van der Waals surface area contributed by atoms with Gasteiger partial charge in [0.1, 0.15) is 6.23 Å². The standard InChI is InChI=1S/C25H44N5O8P/c1-4-5-6-7-8-9-10-11-12-13-14-35-17-20(3)38-39(33,34)36-18-22-21(28-29-26)15-23(37-22)30-16-19(2)24(31)27-25(30)32/h16,20-23H,4-15,17-18H2,1-3H3,(H,33,34)(H,27,31,32)/t20-,21-,22+,23+/m0/s1. The van der Waals surface area contributed by atoms with Gasteiger partial charge in [-0.05, 0) is 25.8 Å².